The highest BCUT2D eigenvalue weighted by molar-refractivity contribution is 5.89. The summed E-state index contributed by atoms with van der Waals surface area (Å²) in [5, 5.41) is 2.69. The normalized spacial score (nSPS) is 10.5. The van der Waals surface area contributed by atoms with Crippen molar-refractivity contribution in [2.45, 2.75) is 6.92 Å². The second kappa shape index (κ2) is 8.49. The number of nitrogens with zero attached hydrogens (tertiary/aromatic N) is 1. The summed E-state index contributed by atoms with van der Waals surface area (Å²) < 4.78 is 10.5. The zero-order valence-electron chi connectivity index (χ0n) is 14.0. The molecule has 2 amide bonds. The highest BCUT2D eigenvalue weighted by Crippen LogP contribution is 2.27. The van der Waals surface area contributed by atoms with E-state index < -0.39 is 5.91 Å². The minimum absolute atomic E-state index is 0.123. The van der Waals surface area contributed by atoms with Crippen molar-refractivity contribution >= 4 is 29.4 Å². The first-order chi connectivity index (χ1) is 12.0. The van der Waals surface area contributed by atoms with Gasteiger partial charge in [0.2, 0.25) is 5.91 Å². The third kappa shape index (κ3) is 5.65. The molecule has 7 heteroatoms. The molecule has 7 nitrogen and oxygen atoms in total. The first kappa shape index (κ1) is 18.0. The Balaban J connectivity index is 2.09. The van der Waals surface area contributed by atoms with Gasteiger partial charge in [-0.25, -0.2) is 0 Å². The number of rotatable bonds is 7. The van der Waals surface area contributed by atoms with Crippen LogP contribution in [0.15, 0.2) is 47.5 Å². The third-order valence-corrected chi connectivity index (χ3v) is 3.11. The molecule has 0 aliphatic heterocycles. The molecular weight excluding hydrogens is 322 g/mol. The van der Waals surface area contributed by atoms with Crippen molar-refractivity contribution < 1.29 is 19.1 Å². The van der Waals surface area contributed by atoms with Crippen LogP contribution in [-0.2, 0) is 9.59 Å². The Hall–Kier alpha value is -3.35. The average molecular weight is 341 g/mol. The van der Waals surface area contributed by atoms with Crippen LogP contribution in [0.4, 0.5) is 11.4 Å². The standard InChI is InChI=1S/C18H19N3O4/c1-12(22)21-15-6-4-14(5-7-15)20-10-13-3-8-16(17(9-13)24-2)25-11-18(19)23/h3-10H,11H2,1-2H3,(H2,19,23)(H,21,22). The van der Waals surface area contributed by atoms with Crippen LogP contribution in [0.5, 0.6) is 11.5 Å². The first-order valence-corrected chi connectivity index (χ1v) is 7.49. The fraction of sp³-hybridized carbons (Fsp3) is 0.167. The highest BCUT2D eigenvalue weighted by Gasteiger charge is 2.06. The van der Waals surface area contributed by atoms with E-state index in [0.29, 0.717) is 17.2 Å². The van der Waals surface area contributed by atoms with Crippen LogP contribution in [0.2, 0.25) is 0 Å². The van der Waals surface area contributed by atoms with Crippen molar-refractivity contribution in [1.82, 2.24) is 0 Å². The van der Waals surface area contributed by atoms with Gasteiger partial charge in [-0.1, -0.05) is 0 Å². The van der Waals surface area contributed by atoms with E-state index in [0.717, 1.165) is 11.3 Å². The zero-order chi connectivity index (χ0) is 18.2. The van der Waals surface area contributed by atoms with E-state index in [1.807, 2.05) is 0 Å². The van der Waals surface area contributed by atoms with Crippen molar-refractivity contribution in [3.8, 4) is 11.5 Å². The third-order valence-electron chi connectivity index (χ3n) is 3.11. The number of hydrogen-bond acceptors (Lipinski definition) is 5. The monoisotopic (exact) mass is 341 g/mol. The number of aliphatic imine (C=N–C) groups is 1. The lowest BCUT2D eigenvalue weighted by atomic mass is 10.2. The van der Waals surface area contributed by atoms with Crippen molar-refractivity contribution in [3.05, 3.63) is 48.0 Å². The van der Waals surface area contributed by atoms with Gasteiger partial charge in [0.05, 0.1) is 12.8 Å². The number of primary amides is 1. The number of nitrogens with one attached hydrogen (secondary N) is 1. The highest BCUT2D eigenvalue weighted by atomic mass is 16.5. The molecule has 0 radical (unpaired) electrons. The largest absolute Gasteiger partial charge is 0.493 e. The molecule has 25 heavy (non-hydrogen) atoms. The van der Waals surface area contributed by atoms with Crippen molar-refractivity contribution in [3.63, 3.8) is 0 Å². The number of amides is 2. The molecule has 3 N–H and O–H groups in total. The molecule has 0 unspecified atom stereocenters. The number of ether oxygens (including phenoxy) is 2. The van der Waals surface area contributed by atoms with E-state index in [4.69, 9.17) is 15.2 Å². The van der Waals surface area contributed by atoms with Gasteiger partial charge in [0, 0.05) is 18.8 Å². The lowest BCUT2D eigenvalue weighted by Gasteiger charge is -2.09. The summed E-state index contributed by atoms with van der Waals surface area (Å²) in [6, 6.07) is 12.3. The molecule has 0 bridgehead atoms. The van der Waals surface area contributed by atoms with E-state index in [2.05, 4.69) is 10.3 Å². The molecule has 0 aliphatic rings. The Morgan fingerprint density at radius 3 is 2.48 bits per heavy atom. The summed E-state index contributed by atoms with van der Waals surface area (Å²) >= 11 is 0. The van der Waals surface area contributed by atoms with E-state index in [9.17, 15) is 9.59 Å². The number of carbonyl (C=O) groups excluding carboxylic acids is 2. The Bertz CT molecular complexity index is 785. The predicted molar refractivity (Wildman–Crippen MR) is 95.7 cm³/mol. The van der Waals surface area contributed by atoms with Gasteiger partial charge in [-0.3, -0.25) is 14.6 Å². The topological polar surface area (TPSA) is 103 Å². The van der Waals surface area contributed by atoms with Crippen molar-refractivity contribution in [2.75, 3.05) is 19.0 Å². The van der Waals surface area contributed by atoms with Crippen LogP contribution in [0, 0.1) is 0 Å². The second-order valence-corrected chi connectivity index (χ2v) is 5.15. The molecule has 130 valence electrons. The first-order valence-electron chi connectivity index (χ1n) is 7.49. The minimum atomic E-state index is -0.560. The summed E-state index contributed by atoms with van der Waals surface area (Å²) in [6.07, 6.45) is 1.67. The van der Waals surface area contributed by atoms with Crippen LogP contribution in [0.25, 0.3) is 0 Å². The fourth-order valence-electron chi connectivity index (χ4n) is 2.02. The molecule has 2 aromatic carbocycles. The van der Waals surface area contributed by atoms with Gasteiger partial charge < -0.3 is 20.5 Å². The molecule has 2 aromatic rings. The molecule has 0 spiro atoms. The maximum Gasteiger partial charge on any atom is 0.255 e. The van der Waals surface area contributed by atoms with Gasteiger partial charge in [-0.2, -0.15) is 0 Å². The van der Waals surface area contributed by atoms with E-state index in [1.54, 1.807) is 48.7 Å². The number of nitrogens with two attached hydrogens (primary N) is 1. The van der Waals surface area contributed by atoms with Crippen LogP contribution in [0.1, 0.15) is 12.5 Å². The average Bonchev–Trinajstić information content (AvgIpc) is 2.59. The summed E-state index contributed by atoms with van der Waals surface area (Å²) in [5.74, 6) is 0.224. The van der Waals surface area contributed by atoms with Crippen LogP contribution >= 0.6 is 0 Å². The van der Waals surface area contributed by atoms with Crippen LogP contribution < -0.4 is 20.5 Å². The molecule has 0 saturated heterocycles. The number of benzene rings is 2. The zero-order valence-corrected chi connectivity index (χ0v) is 14.0. The number of carbonyl (C=O) groups is 2. The molecule has 2 rings (SSSR count). The molecule has 0 aliphatic carbocycles. The van der Waals surface area contributed by atoms with Crippen LogP contribution in [-0.4, -0.2) is 31.7 Å². The van der Waals surface area contributed by atoms with Gasteiger partial charge in [0.15, 0.2) is 18.1 Å². The van der Waals surface area contributed by atoms with Gasteiger partial charge in [0.25, 0.3) is 5.91 Å². The van der Waals surface area contributed by atoms with E-state index >= 15 is 0 Å². The lowest BCUT2D eigenvalue weighted by molar-refractivity contribution is -0.120. The predicted octanol–water partition coefficient (Wildman–Crippen LogP) is 2.27. The van der Waals surface area contributed by atoms with Crippen LogP contribution in [0.3, 0.4) is 0 Å². The van der Waals surface area contributed by atoms with E-state index in [-0.39, 0.29) is 12.5 Å². The van der Waals surface area contributed by atoms with Gasteiger partial charge in [-0.05, 0) is 48.0 Å². The molecular formula is C18H19N3O4. The smallest absolute Gasteiger partial charge is 0.255 e. The molecule has 0 heterocycles. The summed E-state index contributed by atoms with van der Waals surface area (Å²) in [4.78, 5) is 26.2. The minimum Gasteiger partial charge on any atom is -0.493 e. The molecule has 0 aromatic heterocycles. The molecule has 0 saturated carbocycles. The number of hydrogen-bond donors (Lipinski definition) is 2. The second-order valence-electron chi connectivity index (χ2n) is 5.15. The van der Waals surface area contributed by atoms with Crippen molar-refractivity contribution in [1.29, 1.82) is 0 Å². The quantitative estimate of drug-likeness (QED) is 0.754. The number of anilines is 1. The molecule has 0 fully saturated rings. The van der Waals surface area contributed by atoms with Gasteiger partial charge in [0.1, 0.15) is 0 Å². The Morgan fingerprint density at radius 1 is 1.16 bits per heavy atom. The fourth-order valence-corrected chi connectivity index (χ4v) is 2.02. The summed E-state index contributed by atoms with van der Waals surface area (Å²) in [6.45, 7) is 1.24. The SMILES string of the molecule is COc1cc(C=Nc2ccc(NC(C)=O)cc2)ccc1OCC(N)=O. The summed E-state index contributed by atoms with van der Waals surface area (Å²) in [7, 11) is 1.51. The van der Waals surface area contributed by atoms with Crippen molar-refractivity contribution in [2.24, 2.45) is 10.7 Å². The Morgan fingerprint density at radius 2 is 1.88 bits per heavy atom. The Kier molecular flexibility index (Phi) is 6.11. The van der Waals surface area contributed by atoms with Gasteiger partial charge in [-0.15, -0.1) is 0 Å². The van der Waals surface area contributed by atoms with Gasteiger partial charge >= 0.3 is 0 Å². The Labute approximate surface area is 145 Å². The van der Waals surface area contributed by atoms with E-state index in [1.165, 1.54) is 14.0 Å². The molecule has 0 atom stereocenters. The maximum absolute atomic E-state index is 11.0. The maximum atomic E-state index is 11.0. The summed E-state index contributed by atoms with van der Waals surface area (Å²) in [5.41, 5.74) is 7.31. The lowest BCUT2D eigenvalue weighted by Crippen LogP contribution is -2.20. The number of methoxy groups -OCH3 is 1.